The van der Waals surface area contributed by atoms with Gasteiger partial charge < -0.3 is 4.74 Å². The van der Waals surface area contributed by atoms with Gasteiger partial charge in [0.05, 0.1) is 6.61 Å². The lowest BCUT2D eigenvalue weighted by atomic mass is 9.74. The van der Waals surface area contributed by atoms with Gasteiger partial charge in [-0.1, -0.05) is 53.0 Å². The Kier molecular flexibility index (Phi) is 5.43. The Bertz CT molecular complexity index is 296. The Hall–Kier alpha value is -0.790. The second kappa shape index (κ2) is 6.40. The Morgan fingerprint density at radius 3 is 2.33 bits per heavy atom. The highest BCUT2D eigenvalue weighted by atomic mass is 16.5. The van der Waals surface area contributed by atoms with Crippen LogP contribution in [0.3, 0.4) is 0 Å². The molecule has 0 saturated heterocycles. The van der Waals surface area contributed by atoms with Gasteiger partial charge in [-0.05, 0) is 30.6 Å². The molecule has 1 rings (SSSR count). The normalized spacial score (nSPS) is 24.7. The van der Waals surface area contributed by atoms with E-state index in [1.54, 1.807) is 6.92 Å². The molecule has 0 bridgehead atoms. The molecule has 2 heteroatoms. The summed E-state index contributed by atoms with van der Waals surface area (Å²) in [5, 5.41) is 0. The highest BCUT2D eigenvalue weighted by molar-refractivity contribution is 5.86. The number of carbonyl (C=O) groups excluding carboxylic acids is 1. The molecule has 0 aromatic rings. The zero-order valence-corrected chi connectivity index (χ0v) is 12.4. The van der Waals surface area contributed by atoms with Crippen LogP contribution >= 0.6 is 0 Å². The third-order valence-electron chi connectivity index (χ3n) is 3.92. The zero-order valence-electron chi connectivity index (χ0n) is 12.4. The lowest BCUT2D eigenvalue weighted by molar-refractivity contribution is -0.142. The topological polar surface area (TPSA) is 26.3 Å². The summed E-state index contributed by atoms with van der Waals surface area (Å²) in [5.41, 5.74) is 0.563. The quantitative estimate of drug-likeness (QED) is 0.537. The molecule has 0 aromatic carbocycles. The number of rotatable bonds is 5. The van der Waals surface area contributed by atoms with Crippen molar-refractivity contribution in [3.63, 3.8) is 0 Å². The van der Waals surface area contributed by atoms with Crippen molar-refractivity contribution >= 4 is 5.97 Å². The summed E-state index contributed by atoms with van der Waals surface area (Å²) in [6.07, 6.45) is 6.53. The molecule has 1 aliphatic rings. The first-order valence-electron chi connectivity index (χ1n) is 7.13. The fraction of sp³-hybridized carbons (Fsp3) is 0.812. The van der Waals surface area contributed by atoms with Crippen LogP contribution in [0.5, 0.6) is 0 Å². The van der Waals surface area contributed by atoms with E-state index in [2.05, 4.69) is 27.4 Å². The average Bonchev–Trinajstić information content (AvgIpc) is 2.29. The predicted octanol–water partition coefficient (Wildman–Crippen LogP) is 4.35. The zero-order chi connectivity index (χ0) is 13.8. The van der Waals surface area contributed by atoms with Crippen LogP contribution in [-0.2, 0) is 9.53 Å². The second-order valence-electron chi connectivity index (χ2n) is 6.85. The molecular formula is C16H28O2. The number of hydrogen-bond donors (Lipinski definition) is 0. The third-order valence-corrected chi connectivity index (χ3v) is 3.92. The van der Waals surface area contributed by atoms with Crippen LogP contribution < -0.4 is 0 Å². The van der Waals surface area contributed by atoms with Gasteiger partial charge in [0, 0.05) is 5.57 Å². The van der Waals surface area contributed by atoms with Gasteiger partial charge in [0.25, 0.3) is 0 Å². The molecule has 104 valence electrons. The van der Waals surface area contributed by atoms with E-state index in [0.717, 1.165) is 18.3 Å². The van der Waals surface area contributed by atoms with Crippen molar-refractivity contribution in [2.45, 2.75) is 59.8 Å². The molecule has 0 N–H and O–H groups in total. The second-order valence-corrected chi connectivity index (χ2v) is 6.85. The van der Waals surface area contributed by atoms with Crippen molar-refractivity contribution in [3.8, 4) is 0 Å². The molecule has 0 spiro atoms. The van der Waals surface area contributed by atoms with Crippen LogP contribution in [0, 0.1) is 17.3 Å². The summed E-state index contributed by atoms with van der Waals surface area (Å²) in [6, 6.07) is 0. The van der Waals surface area contributed by atoms with Crippen LogP contribution in [0.4, 0.5) is 0 Å². The molecule has 1 aliphatic carbocycles. The molecule has 0 aliphatic heterocycles. The molecule has 0 unspecified atom stereocenters. The molecule has 0 aromatic heterocycles. The van der Waals surface area contributed by atoms with Crippen LogP contribution in [-0.4, -0.2) is 12.6 Å². The molecule has 0 radical (unpaired) electrons. The number of hydrogen-bond acceptors (Lipinski definition) is 2. The first kappa shape index (κ1) is 15.3. The van der Waals surface area contributed by atoms with E-state index in [9.17, 15) is 4.79 Å². The van der Waals surface area contributed by atoms with Gasteiger partial charge in [0.1, 0.15) is 0 Å². The van der Waals surface area contributed by atoms with Gasteiger partial charge in [-0.3, -0.25) is 0 Å². The SMILES string of the molecule is C=C(C)C(=O)OCC(C)(C)CC1CCC(C)CC1. The summed E-state index contributed by atoms with van der Waals surface area (Å²) in [6.45, 7) is 12.5. The van der Waals surface area contributed by atoms with Crippen molar-refractivity contribution in [1.29, 1.82) is 0 Å². The molecule has 1 fully saturated rings. The minimum Gasteiger partial charge on any atom is -0.462 e. The lowest BCUT2D eigenvalue weighted by Crippen LogP contribution is -2.26. The summed E-state index contributed by atoms with van der Waals surface area (Å²) < 4.78 is 5.29. The number of esters is 1. The lowest BCUT2D eigenvalue weighted by Gasteiger charge is -2.33. The Morgan fingerprint density at radius 1 is 1.28 bits per heavy atom. The minimum absolute atomic E-state index is 0.0797. The van der Waals surface area contributed by atoms with Crippen molar-refractivity contribution in [1.82, 2.24) is 0 Å². The Balaban J connectivity index is 2.34. The number of carbonyl (C=O) groups is 1. The Morgan fingerprint density at radius 2 is 1.83 bits per heavy atom. The largest absolute Gasteiger partial charge is 0.462 e. The van der Waals surface area contributed by atoms with Gasteiger partial charge in [0.15, 0.2) is 0 Å². The maximum absolute atomic E-state index is 11.4. The van der Waals surface area contributed by atoms with E-state index in [4.69, 9.17) is 4.74 Å². The summed E-state index contributed by atoms with van der Waals surface area (Å²) in [5.74, 6) is 1.44. The first-order chi connectivity index (χ1) is 8.30. The van der Waals surface area contributed by atoms with E-state index >= 15 is 0 Å². The summed E-state index contributed by atoms with van der Waals surface area (Å²) >= 11 is 0. The molecule has 2 nitrogen and oxygen atoms in total. The van der Waals surface area contributed by atoms with E-state index in [-0.39, 0.29) is 11.4 Å². The highest BCUT2D eigenvalue weighted by Crippen LogP contribution is 2.36. The van der Waals surface area contributed by atoms with E-state index < -0.39 is 0 Å². The van der Waals surface area contributed by atoms with Crippen molar-refractivity contribution in [2.75, 3.05) is 6.61 Å². The smallest absolute Gasteiger partial charge is 0.333 e. The summed E-state index contributed by atoms with van der Waals surface area (Å²) in [4.78, 5) is 11.4. The fourth-order valence-electron chi connectivity index (χ4n) is 2.76. The predicted molar refractivity (Wildman–Crippen MR) is 75.3 cm³/mol. The van der Waals surface area contributed by atoms with Crippen LogP contribution in [0.25, 0.3) is 0 Å². The standard InChI is InChI=1S/C16H28O2/c1-12(2)15(17)18-11-16(4,5)10-14-8-6-13(3)7-9-14/h13-14H,1,6-11H2,2-5H3. The third kappa shape index (κ3) is 5.24. The van der Waals surface area contributed by atoms with Gasteiger partial charge >= 0.3 is 5.97 Å². The number of ether oxygens (including phenoxy) is 1. The van der Waals surface area contributed by atoms with Crippen LogP contribution in [0.1, 0.15) is 59.8 Å². The molecule has 18 heavy (non-hydrogen) atoms. The molecule has 0 heterocycles. The van der Waals surface area contributed by atoms with E-state index in [1.807, 2.05) is 0 Å². The average molecular weight is 252 g/mol. The van der Waals surface area contributed by atoms with E-state index in [0.29, 0.717) is 12.2 Å². The summed E-state index contributed by atoms with van der Waals surface area (Å²) in [7, 11) is 0. The van der Waals surface area contributed by atoms with Gasteiger partial charge in [-0.2, -0.15) is 0 Å². The maximum atomic E-state index is 11.4. The van der Waals surface area contributed by atoms with Crippen molar-refractivity contribution < 1.29 is 9.53 Å². The molecule has 1 saturated carbocycles. The molecule has 0 atom stereocenters. The minimum atomic E-state index is -0.264. The van der Waals surface area contributed by atoms with Gasteiger partial charge in [0.2, 0.25) is 0 Å². The van der Waals surface area contributed by atoms with Crippen molar-refractivity contribution in [2.24, 2.45) is 17.3 Å². The highest BCUT2D eigenvalue weighted by Gasteiger charge is 2.27. The van der Waals surface area contributed by atoms with Gasteiger partial charge in [-0.15, -0.1) is 0 Å². The maximum Gasteiger partial charge on any atom is 0.333 e. The monoisotopic (exact) mass is 252 g/mol. The fourth-order valence-corrected chi connectivity index (χ4v) is 2.76. The van der Waals surface area contributed by atoms with Crippen LogP contribution in [0.15, 0.2) is 12.2 Å². The molecular weight excluding hydrogens is 224 g/mol. The first-order valence-corrected chi connectivity index (χ1v) is 7.13. The van der Waals surface area contributed by atoms with Crippen molar-refractivity contribution in [3.05, 3.63) is 12.2 Å². The van der Waals surface area contributed by atoms with Gasteiger partial charge in [-0.25, -0.2) is 4.79 Å². The molecule has 0 amide bonds. The van der Waals surface area contributed by atoms with E-state index in [1.165, 1.54) is 25.7 Å². The Labute approximate surface area is 112 Å². The van der Waals surface area contributed by atoms with Crippen LogP contribution in [0.2, 0.25) is 0 Å².